The fourth-order valence-corrected chi connectivity index (χ4v) is 2.72. The molecule has 1 amide bonds. The summed E-state index contributed by atoms with van der Waals surface area (Å²) in [6, 6.07) is 8.06. The number of aryl methyl sites for hydroxylation is 1. The number of benzene rings is 1. The maximum atomic E-state index is 12.0. The highest BCUT2D eigenvalue weighted by molar-refractivity contribution is 5.80. The van der Waals surface area contributed by atoms with Crippen molar-refractivity contribution in [1.29, 1.82) is 0 Å². The van der Waals surface area contributed by atoms with Gasteiger partial charge in [-0.1, -0.05) is 24.3 Å². The van der Waals surface area contributed by atoms with Gasteiger partial charge in [-0.05, 0) is 40.8 Å². The number of tetrazole rings is 1. The first-order valence-corrected chi connectivity index (χ1v) is 7.46. The quantitative estimate of drug-likeness (QED) is 0.802. The summed E-state index contributed by atoms with van der Waals surface area (Å²) in [6.45, 7) is -0.424. The number of aromatic nitrogens is 4. The van der Waals surface area contributed by atoms with Crippen molar-refractivity contribution in [2.24, 2.45) is 0 Å². The van der Waals surface area contributed by atoms with Crippen molar-refractivity contribution in [2.75, 3.05) is 6.61 Å². The normalized spacial score (nSPS) is 16.4. The molecule has 3 rings (SSSR count). The van der Waals surface area contributed by atoms with Crippen LogP contribution in [0.1, 0.15) is 30.0 Å². The summed E-state index contributed by atoms with van der Waals surface area (Å²) >= 11 is 0. The second-order valence-corrected chi connectivity index (χ2v) is 5.38. The van der Waals surface area contributed by atoms with Gasteiger partial charge in [-0.25, -0.2) is 4.68 Å². The molecule has 8 heteroatoms. The lowest BCUT2D eigenvalue weighted by Crippen LogP contribution is -2.34. The molecule has 1 aliphatic rings. The van der Waals surface area contributed by atoms with Gasteiger partial charge < -0.3 is 10.1 Å². The van der Waals surface area contributed by atoms with Crippen LogP contribution >= 0.6 is 0 Å². The van der Waals surface area contributed by atoms with Gasteiger partial charge in [0.25, 0.3) is 5.91 Å². The van der Waals surface area contributed by atoms with Crippen LogP contribution in [0.2, 0.25) is 0 Å². The summed E-state index contributed by atoms with van der Waals surface area (Å²) in [5, 5.41) is 13.3. The van der Waals surface area contributed by atoms with E-state index in [2.05, 4.69) is 26.9 Å². The fourth-order valence-electron chi connectivity index (χ4n) is 2.72. The summed E-state index contributed by atoms with van der Waals surface area (Å²) in [6.07, 6.45) is 4.26. The molecule has 0 spiro atoms. The van der Waals surface area contributed by atoms with E-state index in [-0.39, 0.29) is 25.1 Å². The second kappa shape index (κ2) is 6.99. The number of ether oxygens (including phenoxy) is 1. The van der Waals surface area contributed by atoms with Crippen molar-refractivity contribution >= 4 is 11.9 Å². The first-order chi connectivity index (χ1) is 11.2. The molecule has 8 nitrogen and oxygen atoms in total. The molecule has 0 saturated heterocycles. The Morgan fingerprint density at radius 1 is 1.35 bits per heavy atom. The maximum Gasteiger partial charge on any atom is 0.328 e. The molecule has 0 radical (unpaired) electrons. The Balaban J connectivity index is 1.49. The molecule has 23 heavy (non-hydrogen) atoms. The molecule has 1 atom stereocenters. The number of nitrogens with zero attached hydrogens (tertiary/aromatic N) is 4. The van der Waals surface area contributed by atoms with Crippen LogP contribution in [0.25, 0.3) is 0 Å². The van der Waals surface area contributed by atoms with E-state index in [1.165, 1.54) is 16.6 Å². The number of carbonyl (C=O) groups excluding carboxylic acids is 2. The van der Waals surface area contributed by atoms with E-state index < -0.39 is 5.97 Å². The highest BCUT2D eigenvalue weighted by atomic mass is 16.5. The predicted molar refractivity (Wildman–Crippen MR) is 79.0 cm³/mol. The summed E-state index contributed by atoms with van der Waals surface area (Å²) in [4.78, 5) is 23.6. The van der Waals surface area contributed by atoms with Gasteiger partial charge in [0, 0.05) is 0 Å². The Kier molecular flexibility index (Phi) is 4.60. The number of fused-ring (bicyclic) bond motifs is 1. The smallest absolute Gasteiger partial charge is 0.328 e. The Labute approximate surface area is 132 Å². The summed E-state index contributed by atoms with van der Waals surface area (Å²) in [5.74, 6) is -0.867. The van der Waals surface area contributed by atoms with Gasteiger partial charge in [0.2, 0.25) is 0 Å². The number of hydrogen-bond acceptors (Lipinski definition) is 6. The molecule has 0 fully saturated rings. The van der Waals surface area contributed by atoms with Crippen LogP contribution in [0.4, 0.5) is 0 Å². The average Bonchev–Trinajstić information content (AvgIpc) is 3.06. The van der Waals surface area contributed by atoms with E-state index >= 15 is 0 Å². The van der Waals surface area contributed by atoms with Crippen molar-refractivity contribution in [2.45, 2.75) is 31.8 Å². The minimum absolute atomic E-state index is 0.0225. The van der Waals surface area contributed by atoms with Crippen molar-refractivity contribution in [1.82, 2.24) is 25.5 Å². The lowest BCUT2D eigenvalue weighted by Gasteiger charge is -2.26. The Morgan fingerprint density at radius 3 is 3.04 bits per heavy atom. The number of amides is 1. The fraction of sp³-hybridized carbons (Fsp3) is 0.400. The standard InChI is InChI=1S/C15H17N5O3/c21-14(9-23-15(22)8-20-10-16-18-19-20)17-13-7-3-5-11-4-1-2-6-12(11)13/h1-2,4,6,10,13H,3,5,7-9H2,(H,17,21)/t13-/m1/s1. The van der Waals surface area contributed by atoms with Crippen LogP contribution in [-0.2, 0) is 27.3 Å². The molecule has 1 aliphatic carbocycles. The first-order valence-electron chi connectivity index (χ1n) is 7.46. The molecule has 1 aromatic carbocycles. The molecular weight excluding hydrogens is 298 g/mol. The van der Waals surface area contributed by atoms with Gasteiger partial charge >= 0.3 is 5.97 Å². The molecule has 0 saturated carbocycles. The molecule has 1 aromatic heterocycles. The molecule has 1 heterocycles. The Morgan fingerprint density at radius 2 is 2.22 bits per heavy atom. The minimum atomic E-state index is -0.559. The number of nitrogens with one attached hydrogen (secondary N) is 1. The number of esters is 1. The van der Waals surface area contributed by atoms with Gasteiger partial charge in [-0.3, -0.25) is 9.59 Å². The third-order valence-electron chi connectivity index (χ3n) is 3.75. The second-order valence-electron chi connectivity index (χ2n) is 5.38. The summed E-state index contributed by atoms with van der Waals surface area (Å²) in [7, 11) is 0. The molecular formula is C15H17N5O3. The predicted octanol–water partition coefficient (Wildman–Crippen LogP) is 0.410. The van der Waals surface area contributed by atoms with Crippen LogP contribution in [0, 0.1) is 0 Å². The van der Waals surface area contributed by atoms with E-state index in [4.69, 9.17) is 4.74 Å². The van der Waals surface area contributed by atoms with Gasteiger partial charge in [0.05, 0.1) is 6.04 Å². The monoisotopic (exact) mass is 315 g/mol. The van der Waals surface area contributed by atoms with Crippen LogP contribution in [0.15, 0.2) is 30.6 Å². The van der Waals surface area contributed by atoms with E-state index in [0.29, 0.717) is 0 Å². The van der Waals surface area contributed by atoms with Gasteiger partial charge in [0.15, 0.2) is 6.61 Å². The zero-order valence-corrected chi connectivity index (χ0v) is 12.5. The summed E-state index contributed by atoms with van der Waals surface area (Å²) in [5.41, 5.74) is 2.41. The number of rotatable bonds is 5. The van der Waals surface area contributed by atoms with Crippen LogP contribution in [0.3, 0.4) is 0 Å². The van der Waals surface area contributed by atoms with Crippen molar-refractivity contribution in [3.05, 3.63) is 41.7 Å². The van der Waals surface area contributed by atoms with E-state index in [9.17, 15) is 9.59 Å². The SMILES string of the molecule is O=C(COC(=O)Cn1cnnn1)N[C@@H]1CCCc2ccccc21. The van der Waals surface area contributed by atoms with E-state index in [0.717, 1.165) is 24.8 Å². The van der Waals surface area contributed by atoms with Gasteiger partial charge in [0.1, 0.15) is 12.9 Å². The molecule has 1 N–H and O–H groups in total. The largest absolute Gasteiger partial charge is 0.454 e. The minimum Gasteiger partial charge on any atom is -0.454 e. The molecule has 0 bridgehead atoms. The average molecular weight is 315 g/mol. The molecule has 2 aromatic rings. The Bertz CT molecular complexity index is 686. The van der Waals surface area contributed by atoms with Crippen LogP contribution in [0.5, 0.6) is 0 Å². The number of carbonyl (C=O) groups is 2. The van der Waals surface area contributed by atoms with Crippen molar-refractivity contribution < 1.29 is 14.3 Å². The zero-order chi connectivity index (χ0) is 16.1. The third kappa shape index (κ3) is 3.91. The number of hydrogen-bond donors (Lipinski definition) is 1. The maximum absolute atomic E-state index is 12.0. The Hall–Kier alpha value is -2.77. The highest BCUT2D eigenvalue weighted by Crippen LogP contribution is 2.29. The third-order valence-corrected chi connectivity index (χ3v) is 3.75. The lowest BCUT2D eigenvalue weighted by molar-refractivity contribution is -0.149. The lowest BCUT2D eigenvalue weighted by atomic mass is 9.88. The van der Waals surface area contributed by atoms with Crippen LogP contribution in [-0.4, -0.2) is 38.7 Å². The summed E-state index contributed by atoms with van der Waals surface area (Å²) < 4.78 is 6.17. The van der Waals surface area contributed by atoms with Crippen LogP contribution < -0.4 is 5.32 Å². The molecule has 0 unspecified atom stereocenters. The van der Waals surface area contributed by atoms with Gasteiger partial charge in [-0.15, -0.1) is 5.10 Å². The first kappa shape index (κ1) is 15.1. The molecule has 0 aliphatic heterocycles. The van der Waals surface area contributed by atoms with Crippen molar-refractivity contribution in [3.8, 4) is 0 Å². The zero-order valence-electron chi connectivity index (χ0n) is 12.5. The van der Waals surface area contributed by atoms with E-state index in [1.807, 2.05) is 18.2 Å². The van der Waals surface area contributed by atoms with Gasteiger partial charge in [-0.2, -0.15) is 0 Å². The van der Waals surface area contributed by atoms with Crippen molar-refractivity contribution in [3.63, 3.8) is 0 Å². The molecule has 120 valence electrons. The van der Waals surface area contributed by atoms with E-state index in [1.54, 1.807) is 0 Å². The topological polar surface area (TPSA) is 99.0 Å². The highest BCUT2D eigenvalue weighted by Gasteiger charge is 2.21.